The van der Waals surface area contributed by atoms with Crippen molar-refractivity contribution in [3.63, 3.8) is 0 Å². The molecule has 1 aromatic heterocycles. The molecule has 0 radical (unpaired) electrons. The summed E-state index contributed by atoms with van der Waals surface area (Å²) in [4.78, 5) is 51.3. The average molecular weight is 547 g/mol. The zero-order chi connectivity index (χ0) is 19.9. The lowest BCUT2D eigenvalue weighted by Crippen LogP contribution is -2.39. The van der Waals surface area contributed by atoms with E-state index in [2.05, 4.69) is 8.83 Å². The Labute approximate surface area is 163 Å². The summed E-state index contributed by atoms with van der Waals surface area (Å²) >= 11 is 1.62. The first-order valence-corrected chi connectivity index (χ1v) is 10.7. The fourth-order valence-corrected chi connectivity index (χ4v) is 4.49. The number of phosphoric acid groups is 2. The summed E-state index contributed by atoms with van der Waals surface area (Å²) in [5.41, 5.74) is -1.63. The first-order chi connectivity index (χ1) is 11.8. The summed E-state index contributed by atoms with van der Waals surface area (Å²) in [6, 6.07) is 1.03. The lowest BCUT2D eigenvalue weighted by molar-refractivity contribution is -0.0554. The minimum atomic E-state index is -5.32. The number of hydrogen-bond acceptors (Lipinski definition) is 10. The highest BCUT2D eigenvalue weighted by atomic mass is 127. The monoisotopic (exact) mass is 547 g/mol. The topological polar surface area (TPSA) is 253 Å². The van der Waals surface area contributed by atoms with E-state index in [0.717, 1.165) is 10.6 Å². The van der Waals surface area contributed by atoms with E-state index in [0.29, 0.717) is 0 Å². The van der Waals surface area contributed by atoms with Gasteiger partial charge in [0.2, 0.25) is 0 Å². The molecule has 2 rings (SSSR count). The summed E-state index contributed by atoms with van der Waals surface area (Å²) < 4.78 is 36.0. The average Bonchev–Trinajstić information content (AvgIpc) is 2.70. The molecule has 0 amide bonds. The molecule has 1 aliphatic heterocycles. The van der Waals surface area contributed by atoms with Gasteiger partial charge in [-0.3, -0.25) is 18.9 Å². The van der Waals surface area contributed by atoms with Crippen LogP contribution in [0, 0.1) is 3.70 Å². The summed E-state index contributed by atoms with van der Waals surface area (Å²) in [5, 5.41) is 20.0. The van der Waals surface area contributed by atoms with E-state index >= 15 is 0 Å². The number of halogens is 1. The third-order valence-electron chi connectivity index (χ3n) is 3.13. The number of aliphatic hydroxyl groups is 2. The lowest BCUT2D eigenvalue weighted by atomic mass is 10.1. The molecule has 1 unspecified atom stereocenters. The zero-order valence-electron chi connectivity index (χ0n) is 13.1. The van der Waals surface area contributed by atoms with Gasteiger partial charge < -0.3 is 35.8 Å². The van der Waals surface area contributed by atoms with Crippen LogP contribution in [0.3, 0.4) is 0 Å². The van der Waals surface area contributed by atoms with Crippen molar-refractivity contribution in [1.82, 2.24) is 15.7 Å². The summed E-state index contributed by atoms with van der Waals surface area (Å²) in [6.45, 7) is -0.906. The number of nitrogens with one attached hydrogen (secondary N) is 1. The first-order valence-electron chi connectivity index (χ1n) is 6.58. The Kier molecular flexibility index (Phi) is 8.09. The van der Waals surface area contributed by atoms with E-state index in [1.807, 2.05) is 4.98 Å². The van der Waals surface area contributed by atoms with E-state index < -0.39 is 58.0 Å². The molecular weight excluding hydrogens is 531 g/mol. The third kappa shape index (κ3) is 6.25. The van der Waals surface area contributed by atoms with Crippen molar-refractivity contribution in [3.8, 4) is 0 Å². The number of aromatic amines is 1. The van der Waals surface area contributed by atoms with Crippen molar-refractivity contribution >= 4 is 38.2 Å². The van der Waals surface area contributed by atoms with Gasteiger partial charge in [-0.25, -0.2) is 13.9 Å². The van der Waals surface area contributed by atoms with Crippen LogP contribution in [-0.2, 0) is 22.7 Å². The van der Waals surface area contributed by atoms with Crippen LogP contribution < -0.4 is 17.4 Å². The molecule has 15 nitrogen and oxygen atoms in total. The molecule has 1 aromatic rings. The fraction of sp³-hybridized carbons (Fsp3) is 0.556. The van der Waals surface area contributed by atoms with Crippen molar-refractivity contribution in [3.05, 3.63) is 30.6 Å². The maximum Gasteiger partial charge on any atom is 0.481 e. The molecule has 5 atom stereocenters. The molecule has 18 heteroatoms. The van der Waals surface area contributed by atoms with Crippen LogP contribution in [0.4, 0.5) is 0 Å². The molecule has 1 aliphatic rings. The van der Waals surface area contributed by atoms with Crippen molar-refractivity contribution < 1.29 is 47.6 Å². The number of ether oxygens (including phenoxy) is 1. The highest BCUT2D eigenvalue weighted by Gasteiger charge is 2.46. The molecule has 0 bridgehead atoms. The Balaban J connectivity index is 0.00000364. The number of nitrogens with zero attached hydrogens (tertiary/aromatic N) is 1. The zero-order valence-corrected chi connectivity index (χ0v) is 17.1. The van der Waals surface area contributed by atoms with Crippen molar-refractivity contribution in [1.29, 1.82) is 0 Å². The van der Waals surface area contributed by atoms with Crippen LogP contribution in [0.15, 0.2) is 15.7 Å². The molecule has 156 valence electrons. The number of aromatic nitrogens is 2. The highest BCUT2D eigenvalue weighted by molar-refractivity contribution is 14.1. The predicted octanol–water partition coefficient (Wildman–Crippen LogP) is -1.85. The Hall–Kier alpha value is -0.490. The van der Waals surface area contributed by atoms with Crippen LogP contribution >= 0.6 is 38.2 Å². The summed E-state index contributed by atoms with van der Waals surface area (Å²) in [6.07, 6.45) is -6.28. The minimum Gasteiger partial charge on any atom is -0.387 e. The van der Waals surface area contributed by atoms with Crippen LogP contribution in [0.25, 0.3) is 0 Å². The molecule has 9 N–H and O–H groups in total. The number of rotatable bonds is 6. The van der Waals surface area contributed by atoms with E-state index in [4.69, 9.17) is 14.5 Å². The Morgan fingerprint density at radius 3 is 2.33 bits per heavy atom. The lowest BCUT2D eigenvalue weighted by Gasteiger charge is -2.19. The first kappa shape index (κ1) is 24.5. The summed E-state index contributed by atoms with van der Waals surface area (Å²) in [7, 11) is -10.5. The molecule has 2 heterocycles. The molecule has 1 saturated heterocycles. The Morgan fingerprint density at radius 1 is 1.22 bits per heavy atom. The second-order valence-corrected chi connectivity index (χ2v) is 8.95. The maximum atomic E-state index is 11.9. The second-order valence-electron chi connectivity index (χ2n) is 5.01. The fourth-order valence-electron chi connectivity index (χ4n) is 2.12. The highest BCUT2D eigenvalue weighted by Crippen LogP contribution is 2.57. The SMILES string of the molecule is N.O=c1cc(I)n([C@@H]2O[C@H](COP(=O)(O)OP(=O)(O)O)[C@@H](O)[C@H]2O)c(=O)[nH]1. The van der Waals surface area contributed by atoms with Crippen molar-refractivity contribution in [2.24, 2.45) is 0 Å². The number of hydrogen-bond donors (Lipinski definition) is 7. The van der Waals surface area contributed by atoms with Crippen molar-refractivity contribution in [2.75, 3.05) is 6.61 Å². The normalized spacial score (nSPS) is 27.8. The molecule has 0 aromatic carbocycles. The molecule has 0 spiro atoms. The standard InChI is InChI=1S/C9H13IN2O12P2.H3N/c10-4-1-5(13)11-9(16)12(4)8-7(15)6(14)3(23-8)2-22-26(20,21)24-25(17,18)19;/h1,3,6-8,14-15H,2H2,(H,20,21)(H,11,13,16)(H2,17,18,19);1H3/t3-,6-,7-,8-;/m1./s1. The van der Waals surface area contributed by atoms with Crippen LogP contribution in [0.1, 0.15) is 6.23 Å². The molecule has 0 aliphatic carbocycles. The summed E-state index contributed by atoms with van der Waals surface area (Å²) in [5.74, 6) is 0. The van der Waals surface area contributed by atoms with Crippen LogP contribution in [-0.4, -0.2) is 59.4 Å². The van der Waals surface area contributed by atoms with Gasteiger partial charge in [0, 0.05) is 6.07 Å². The van der Waals surface area contributed by atoms with Gasteiger partial charge in [-0.15, -0.1) is 0 Å². The minimum absolute atomic E-state index is 0. The predicted molar refractivity (Wildman–Crippen MR) is 93.9 cm³/mol. The van der Waals surface area contributed by atoms with Gasteiger partial charge in [-0.05, 0) is 22.6 Å². The number of phosphoric ester groups is 1. The van der Waals surface area contributed by atoms with Gasteiger partial charge >= 0.3 is 21.3 Å². The molecule has 0 saturated carbocycles. The van der Waals surface area contributed by atoms with Crippen LogP contribution in [0.2, 0.25) is 0 Å². The van der Waals surface area contributed by atoms with E-state index in [1.165, 1.54) is 0 Å². The van der Waals surface area contributed by atoms with Crippen molar-refractivity contribution in [2.45, 2.75) is 24.5 Å². The van der Waals surface area contributed by atoms with Gasteiger partial charge in [-0.1, -0.05) is 0 Å². The van der Waals surface area contributed by atoms with E-state index in [9.17, 15) is 33.8 Å². The van der Waals surface area contributed by atoms with Gasteiger partial charge in [-0.2, -0.15) is 4.31 Å². The van der Waals surface area contributed by atoms with Gasteiger partial charge in [0.1, 0.15) is 18.3 Å². The molecule has 1 fully saturated rings. The Bertz CT molecular complexity index is 882. The smallest absolute Gasteiger partial charge is 0.387 e. The quantitative estimate of drug-likeness (QED) is 0.117. The number of aliphatic hydroxyl groups excluding tert-OH is 2. The molecular formula is C9H16IN3O12P2. The van der Waals surface area contributed by atoms with Crippen LogP contribution in [0.5, 0.6) is 0 Å². The number of H-pyrrole nitrogens is 1. The van der Waals surface area contributed by atoms with E-state index in [-0.39, 0.29) is 9.85 Å². The van der Waals surface area contributed by atoms with Gasteiger partial charge in [0.25, 0.3) is 5.56 Å². The maximum absolute atomic E-state index is 11.9. The Morgan fingerprint density at radius 2 is 1.81 bits per heavy atom. The largest absolute Gasteiger partial charge is 0.481 e. The van der Waals surface area contributed by atoms with Gasteiger partial charge in [0.05, 0.1) is 10.3 Å². The third-order valence-corrected chi connectivity index (χ3v) is 6.12. The van der Waals surface area contributed by atoms with Gasteiger partial charge in [0.15, 0.2) is 6.23 Å². The van der Waals surface area contributed by atoms with E-state index in [1.54, 1.807) is 22.6 Å². The second kappa shape index (κ2) is 8.89. The molecule has 27 heavy (non-hydrogen) atoms.